The largest absolute Gasteiger partial charge is 0.456 e. The van der Waals surface area contributed by atoms with E-state index < -0.39 is 59.2 Å². The summed E-state index contributed by atoms with van der Waals surface area (Å²) in [7, 11) is 0. The van der Waals surface area contributed by atoms with E-state index in [1.54, 1.807) is 0 Å². The summed E-state index contributed by atoms with van der Waals surface area (Å²) in [6.07, 6.45) is -13.8. The molecule has 0 aliphatic rings. The Bertz CT molecular complexity index is 699. The number of alkyl halides is 15. The molecule has 4 nitrogen and oxygen atoms in total. The van der Waals surface area contributed by atoms with Crippen LogP contribution < -0.4 is 0 Å². The van der Waals surface area contributed by atoms with E-state index in [1.807, 2.05) is 0 Å². The Kier molecular flexibility index (Phi) is 6.24. The summed E-state index contributed by atoms with van der Waals surface area (Å²) in [5.41, 5.74) is 0. The number of hydrogen-bond acceptors (Lipinski definition) is 4. The third kappa shape index (κ3) is 4.00. The van der Waals surface area contributed by atoms with Crippen molar-refractivity contribution in [3.05, 3.63) is 0 Å². The average molecular weight is 470 g/mol. The van der Waals surface area contributed by atoms with Crippen molar-refractivity contribution in [3.8, 4) is 0 Å². The van der Waals surface area contributed by atoms with Crippen LogP contribution in [0, 0.1) is 0 Å². The Morgan fingerprint density at radius 1 is 0.414 bits per heavy atom. The fourth-order valence-corrected chi connectivity index (χ4v) is 1.28. The van der Waals surface area contributed by atoms with Crippen LogP contribution >= 0.6 is 0 Å². The van der Waals surface area contributed by atoms with Crippen molar-refractivity contribution < 1.29 is 85.3 Å². The van der Waals surface area contributed by atoms with Crippen molar-refractivity contribution in [1.29, 1.82) is 0 Å². The summed E-state index contributed by atoms with van der Waals surface area (Å²) in [4.78, 5) is 31.3. The van der Waals surface area contributed by atoms with E-state index in [0.717, 1.165) is 0 Å². The van der Waals surface area contributed by atoms with Crippen molar-refractivity contribution in [2.75, 3.05) is 0 Å². The lowest BCUT2D eigenvalue weighted by Gasteiger charge is -2.32. The Morgan fingerprint density at radius 2 is 0.621 bits per heavy atom. The predicted octanol–water partition coefficient (Wildman–Crippen LogP) is 3.02. The molecule has 0 unspecified atom stereocenters. The van der Waals surface area contributed by atoms with Crippen LogP contribution in [0.25, 0.3) is 0 Å². The normalized spacial score (nSPS) is 15.3. The van der Waals surface area contributed by atoms with Gasteiger partial charge in [-0.05, 0) is 0 Å². The molecule has 0 aromatic heterocycles. The summed E-state index contributed by atoms with van der Waals surface area (Å²) < 4.78 is 189. The summed E-state index contributed by atoms with van der Waals surface area (Å²) in [6.45, 7) is 0. The maximum absolute atomic E-state index is 13.2. The van der Waals surface area contributed by atoms with Crippen LogP contribution in [0.2, 0.25) is 0 Å². The minimum atomic E-state index is -7.79. The minimum Gasteiger partial charge on any atom is -0.331 e. The zero-order valence-corrected chi connectivity index (χ0v) is 12.3. The van der Waals surface area contributed by atoms with Gasteiger partial charge in [0, 0.05) is 0 Å². The fraction of sp³-hybridized carbons (Fsp3) is 0.700. The molecule has 0 radical (unpaired) electrons. The van der Waals surface area contributed by atoms with Crippen molar-refractivity contribution in [2.45, 2.75) is 41.9 Å². The highest BCUT2D eigenvalue weighted by Crippen LogP contribution is 2.49. The highest BCUT2D eigenvalue weighted by molar-refractivity contribution is 6.06. The van der Waals surface area contributed by atoms with E-state index >= 15 is 0 Å². The van der Waals surface area contributed by atoms with Gasteiger partial charge in [-0.2, -0.15) is 65.9 Å². The molecule has 0 aliphatic heterocycles. The first-order valence-corrected chi connectivity index (χ1v) is 5.92. The number of rotatable bonds is 8. The molecule has 0 heterocycles. The van der Waals surface area contributed by atoms with Crippen LogP contribution in [0.15, 0.2) is 0 Å². The molecule has 29 heavy (non-hydrogen) atoms. The van der Waals surface area contributed by atoms with Crippen LogP contribution in [0.3, 0.4) is 0 Å². The molecule has 0 aliphatic carbocycles. The molecule has 170 valence electrons. The van der Waals surface area contributed by atoms with Gasteiger partial charge < -0.3 is 5.11 Å². The topological polar surface area (TPSA) is 71.4 Å². The van der Waals surface area contributed by atoms with Gasteiger partial charge in [-0.1, -0.05) is 0 Å². The smallest absolute Gasteiger partial charge is 0.331 e. The third-order valence-electron chi connectivity index (χ3n) is 2.85. The molecule has 0 amide bonds. The lowest BCUT2D eigenvalue weighted by molar-refractivity contribution is -0.321. The van der Waals surface area contributed by atoms with Crippen molar-refractivity contribution in [1.82, 2.24) is 0 Å². The van der Waals surface area contributed by atoms with E-state index in [1.165, 1.54) is 0 Å². The highest BCUT2D eigenvalue weighted by Gasteiger charge is 2.83. The van der Waals surface area contributed by atoms with Crippen LogP contribution in [-0.2, 0) is 14.4 Å². The summed E-state index contributed by atoms with van der Waals surface area (Å²) in [5, 5.41) is 7.53. The molecule has 0 rings (SSSR count). The quantitative estimate of drug-likeness (QED) is 0.554. The van der Waals surface area contributed by atoms with E-state index in [-0.39, 0.29) is 0 Å². The van der Waals surface area contributed by atoms with Crippen LogP contribution in [0.4, 0.5) is 65.9 Å². The lowest BCUT2D eigenvalue weighted by atomic mass is 9.91. The average Bonchev–Trinajstić information content (AvgIpc) is 2.49. The molecule has 0 aromatic rings. The number of ketones is 3. The first-order chi connectivity index (χ1) is 12.2. The van der Waals surface area contributed by atoms with Gasteiger partial charge in [-0.25, -0.2) is 0 Å². The van der Waals surface area contributed by atoms with Gasteiger partial charge in [0.15, 0.2) is 0 Å². The van der Waals surface area contributed by atoms with Gasteiger partial charge in [0.1, 0.15) is 0 Å². The molecular formula is C10HF15O4. The predicted molar refractivity (Wildman–Crippen MR) is 53.0 cm³/mol. The number of carbonyl (C=O) groups is 3. The number of halogens is 15. The van der Waals surface area contributed by atoms with Crippen molar-refractivity contribution in [3.63, 3.8) is 0 Å². The molecule has 0 saturated carbocycles. The van der Waals surface area contributed by atoms with Gasteiger partial charge in [0.2, 0.25) is 0 Å². The van der Waals surface area contributed by atoms with E-state index in [4.69, 9.17) is 5.11 Å². The van der Waals surface area contributed by atoms with Crippen molar-refractivity contribution >= 4 is 17.3 Å². The van der Waals surface area contributed by atoms with Crippen LogP contribution in [0.1, 0.15) is 0 Å². The van der Waals surface area contributed by atoms with E-state index in [9.17, 15) is 80.2 Å². The summed E-state index contributed by atoms with van der Waals surface area (Å²) in [5.74, 6) is -53.4. The highest BCUT2D eigenvalue weighted by atomic mass is 19.4. The SMILES string of the molecule is O=C(C(F)(F)F)C(F)(F)C(F)(F)C(=O)C(F)(F)C(F)(F)C(=O)C(F)(F)C(O)(F)F. The number of aliphatic hydroxyl groups is 1. The number of Topliss-reactive ketones (excluding diaryl/α,β-unsaturated/α-hetero) is 3. The molecule has 0 fully saturated rings. The number of carbonyl (C=O) groups excluding carboxylic acids is 3. The van der Waals surface area contributed by atoms with E-state index in [2.05, 4.69) is 0 Å². The summed E-state index contributed by atoms with van der Waals surface area (Å²) in [6, 6.07) is 0. The zero-order chi connectivity index (χ0) is 24.2. The first-order valence-electron chi connectivity index (χ1n) is 5.92. The Balaban J connectivity index is 6.42. The molecule has 0 aromatic carbocycles. The van der Waals surface area contributed by atoms with Crippen molar-refractivity contribution in [2.24, 2.45) is 0 Å². The Labute approximate surface area is 146 Å². The second-order valence-corrected chi connectivity index (χ2v) is 4.90. The molecular weight excluding hydrogens is 469 g/mol. The molecule has 0 spiro atoms. The Hall–Kier alpha value is -2.08. The van der Waals surface area contributed by atoms with Gasteiger partial charge in [0.05, 0.1) is 0 Å². The second-order valence-electron chi connectivity index (χ2n) is 4.90. The van der Waals surface area contributed by atoms with Gasteiger partial charge in [0.25, 0.3) is 11.6 Å². The zero-order valence-electron chi connectivity index (χ0n) is 12.3. The van der Waals surface area contributed by atoms with Crippen LogP contribution in [-0.4, -0.2) is 64.4 Å². The molecule has 0 atom stereocenters. The second kappa shape index (κ2) is 6.73. The minimum absolute atomic E-state index is 4.92. The molecule has 0 saturated heterocycles. The molecule has 19 heteroatoms. The van der Waals surface area contributed by atoms with Gasteiger partial charge in [-0.15, -0.1) is 0 Å². The third-order valence-corrected chi connectivity index (χ3v) is 2.85. The van der Waals surface area contributed by atoms with E-state index in [0.29, 0.717) is 0 Å². The lowest BCUT2D eigenvalue weighted by Crippen LogP contribution is -2.67. The molecule has 0 bridgehead atoms. The van der Waals surface area contributed by atoms with Crippen LogP contribution in [0.5, 0.6) is 0 Å². The maximum atomic E-state index is 13.2. The maximum Gasteiger partial charge on any atom is 0.456 e. The fourth-order valence-electron chi connectivity index (χ4n) is 1.28. The van der Waals surface area contributed by atoms with Gasteiger partial charge >= 0.3 is 47.7 Å². The monoisotopic (exact) mass is 470 g/mol. The van der Waals surface area contributed by atoms with Gasteiger partial charge in [-0.3, -0.25) is 14.4 Å². The standard InChI is InChI=1S/C10HF15O4/c11-4(12,6(15,16)2(27)8(19,20)10(24,25)29)1(26)5(13,14)7(17,18)3(28)9(21,22)23/h29H. The summed E-state index contributed by atoms with van der Waals surface area (Å²) >= 11 is 0. The molecule has 1 N–H and O–H groups in total. The Morgan fingerprint density at radius 3 is 0.828 bits per heavy atom. The number of hydrogen-bond donors (Lipinski definition) is 1. The first kappa shape index (κ1) is 26.9.